The van der Waals surface area contributed by atoms with E-state index in [-0.39, 0.29) is 0 Å². The van der Waals surface area contributed by atoms with E-state index in [0.29, 0.717) is 28.9 Å². The van der Waals surface area contributed by atoms with Crippen LogP contribution in [0.25, 0.3) is 10.7 Å². The Balaban J connectivity index is 1.60. The van der Waals surface area contributed by atoms with Crippen LogP contribution in [0.4, 0.5) is 5.69 Å². The second-order valence-corrected chi connectivity index (χ2v) is 6.67. The van der Waals surface area contributed by atoms with Crippen molar-refractivity contribution >= 4 is 40.3 Å². The van der Waals surface area contributed by atoms with Crippen molar-refractivity contribution in [3.63, 3.8) is 0 Å². The highest BCUT2D eigenvalue weighted by Crippen LogP contribution is 2.21. The van der Waals surface area contributed by atoms with Crippen molar-refractivity contribution in [2.24, 2.45) is 0 Å². The number of esters is 1. The number of nitrogens with zero attached hydrogens (tertiary/aromatic N) is 2. The van der Waals surface area contributed by atoms with Gasteiger partial charge in [-0.3, -0.25) is 0 Å². The molecule has 0 saturated heterocycles. The van der Waals surface area contributed by atoms with Crippen molar-refractivity contribution in [2.75, 3.05) is 12.4 Å². The summed E-state index contributed by atoms with van der Waals surface area (Å²) in [5.41, 5.74) is 2.11. The number of anilines is 1. The van der Waals surface area contributed by atoms with E-state index in [1.54, 1.807) is 23.5 Å². The number of benzene rings is 1. The number of nitrogens with one attached hydrogen (secondary N) is 2. The molecule has 0 aliphatic rings. The first kappa shape index (κ1) is 18.0. The lowest BCUT2D eigenvalue weighted by molar-refractivity contribution is 0.0601. The zero-order chi connectivity index (χ0) is 18.5. The quantitative estimate of drug-likeness (QED) is 0.508. The molecule has 26 heavy (non-hydrogen) atoms. The van der Waals surface area contributed by atoms with Gasteiger partial charge in [0, 0.05) is 5.69 Å². The maximum absolute atomic E-state index is 11.6. The highest BCUT2D eigenvalue weighted by atomic mass is 32.1. The summed E-state index contributed by atoms with van der Waals surface area (Å²) in [6, 6.07) is 9.07. The predicted octanol–water partition coefficient (Wildman–Crippen LogP) is 3.38. The maximum Gasteiger partial charge on any atom is 0.337 e. The fourth-order valence-corrected chi connectivity index (χ4v) is 2.99. The minimum Gasteiger partial charge on any atom is -0.465 e. The molecule has 0 aliphatic carbocycles. The van der Waals surface area contributed by atoms with Gasteiger partial charge in [0.1, 0.15) is 0 Å². The normalized spacial score (nSPS) is 10.4. The van der Waals surface area contributed by atoms with Crippen LogP contribution in [0.1, 0.15) is 21.8 Å². The van der Waals surface area contributed by atoms with Crippen LogP contribution in [-0.4, -0.2) is 28.3 Å². The molecule has 0 bridgehead atoms. The van der Waals surface area contributed by atoms with Crippen LogP contribution in [0.3, 0.4) is 0 Å². The molecule has 0 unspecified atom stereocenters. The first-order valence-electron chi connectivity index (χ1n) is 7.67. The highest BCUT2D eigenvalue weighted by Gasteiger charge is 2.11. The van der Waals surface area contributed by atoms with Gasteiger partial charge < -0.3 is 19.9 Å². The number of methoxy groups -OCH3 is 1. The van der Waals surface area contributed by atoms with E-state index in [0.717, 1.165) is 16.1 Å². The summed E-state index contributed by atoms with van der Waals surface area (Å²) in [7, 11) is 1.34. The molecule has 0 radical (unpaired) electrons. The van der Waals surface area contributed by atoms with Crippen LogP contribution in [0.5, 0.6) is 0 Å². The predicted molar refractivity (Wildman–Crippen MR) is 103 cm³/mol. The molecule has 2 N–H and O–H groups in total. The Kier molecular flexibility index (Phi) is 5.59. The molecule has 0 aliphatic heterocycles. The van der Waals surface area contributed by atoms with Gasteiger partial charge in [-0.25, -0.2) is 4.79 Å². The molecule has 0 saturated carbocycles. The van der Waals surface area contributed by atoms with E-state index in [9.17, 15) is 4.79 Å². The lowest BCUT2D eigenvalue weighted by atomic mass is 10.1. The van der Waals surface area contributed by atoms with E-state index >= 15 is 0 Å². The number of hydrogen-bond donors (Lipinski definition) is 2. The van der Waals surface area contributed by atoms with Crippen molar-refractivity contribution in [1.82, 2.24) is 15.5 Å². The minimum absolute atomic E-state index is 0.292. The fourth-order valence-electron chi connectivity index (χ4n) is 2.16. The number of aryl methyl sites for hydroxylation is 1. The number of rotatable bonds is 5. The molecule has 1 aromatic carbocycles. The summed E-state index contributed by atoms with van der Waals surface area (Å²) in [5.74, 6) is 0.578. The lowest BCUT2D eigenvalue weighted by Crippen LogP contribution is -2.28. The van der Waals surface area contributed by atoms with Gasteiger partial charge in [-0.05, 0) is 48.3 Å². The summed E-state index contributed by atoms with van der Waals surface area (Å²) >= 11 is 6.83. The van der Waals surface area contributed by atoms with Gasteiger partial charge in [0.25, 0.3) is 0 Å². The van der Waals surface area contributed by atoms with E-state index in [1.807, 2.05) is 30.5 Å². The van der Waals surface area contributed by atoms with Gasteiger partial charge in [-0.1, -0.05) is 17.3 Å². The summed E-state index contributed by atoms with van der Waals surface area (Å²) in [6.45, 7) is 2.21. The van der Waals surface area contributed by atoms with Crippen LogP contribution in [0.15, 0.2) is 40.2 Å². The third-order valence-electron chi connectivity index (χ3n) is 3.52. The molecule has 0 amide bonds. The zero-order valence-corrected chi connectivity index (χ0v) is 15.7. The molecule has 0 spiro atoms. The maximum atomic E-state index is 11.6. The van der Waals surface area contributed by atoms with Crippen molar-refractivity contribution in [3.05, 3.63) is 52.7 Å². The van der Waals surface area contributed by atoms with Gasteiger partial charge in [0.05, 0.1) is 24.1 Å². The fraction of sp³-hybridized carbons (Fsp3) is 0.176. The van der Waals surface area contributed by atoms with Crippen molar-refractivity contribution in [1.29, 1.82) is 0 Å². The topological polar surface area (TPSA) is 89.3 Å². The average molecular weight is 388 g/mol. The molecule has 3 aromatic rings. The molecule has 0 atom stereocenters. The van der Waals surface area contributed by atoms with E-state index in [2.05, 4.69) is 20.8 Å². The molecule has 0 fully saturated rings. The largest absolute Gasteiger partial charge is 0.465 e. The molecular formula is C17H16N4O3S2. The van der Waals surface area contributed by atoms with Gasteiger partial charge in [-0.15, -0.1) is 11.3 Å². The van der Waals surface area contributed by atoms with E-state index in [4.69, 9.17) is 21.5 Å². The van der Waals surface area contributed by atoms with Crippen LogP contribution in [-0.2, 0) is 11.3 Å². The Hall–Kier alpha value is -2.78. The third-order valence-corrected chi connectivity index (χ3v) is 4.63. The summed E-state index contributed by atoms with van der Waals surface area (Å²) in [5, 5.41) is 12.3. The Bertz CT molecular complexity index is 922. The van der Waals surface area contributed by atoms with Crippen LogP contribution in [0, 0.1) is 6.92 Å². The van der Waals surface area contributed by atoms with Gasteiger partial charge in [0.2, 0.25) is 11.7 Å². The lowest BCUT2D eigenvalue weighted by Gasteiger charge is -2.12. The third kappa shape index (κ3) is 4.24. The first-order valence-corrected chi connectivity index (χ1v) is 8.96. The molecule has 134 valence electrons. The van der Waals surface area contributed by atoms with Crippen molar-refractivity contribution < 1.29 is 14.1 Å². The SMILES string of the molecule is COC(=O)c1ccc(C)c(NC(=S)NCc2nc(-c3cccs3)no2)c1. The van der Waals surface area contributed by atoms with Crippen LogP contribution in [0.2, 0.25) is 0 Å². The average Bonchev–Trinajstić information content (AvgIpc) is 3.32. The number of thiophene rings is 1. The smallest absolute Gasteiger partial charge is 0.337 e. The summed E-state index contributed by atoms with van der Waals surface area (Å²) in [4.78, 5) is 16.9. The summed E-state index contributed by atoms with van der Waals surface area (Å²) in [6.07, 6.45) is 0. The Morgan fingerprint density at radius 2 is 2.23 bits per heavy atom. The Morgan fingerprint density at radius 3 is 2.96 bits per heavy atom. The number of carbonyl (C=O) groups excluding carboxylic acids is 1. The Labute approximate surface area is 159 Å². The monoisotopic (exact) mass is 388 g/mol. The number of ether oxygens (including phenoxy) is 1. The van der Waals surface area contributed by atoms with Gasteiger partial charge >= 0.3 is 5.97 Å². The molecule has 3 rings (SSSR count). The van der Waals surface area contributed by atoms with Crippen molar-refractivity contribution in [2.45, 2.75) is 13.5 Å². The summed E-state index contributed by atoms with van der Waals surface area (Å²) < 4.78 is 9.94. The molecular weight excluding hydrogens is 372 g/mol. The number of carbonyl (C=O) groups is 1. The first-order chi connectivity index (χ1) is 12.6. The van der Waals surface area contributed by atoms with E-state index in [1.165, 1.54) is 7.11 Å². The van der Waals surface area contributed by atoms with Crippen LogP contribution < -0.4 is 10.6 Å². The zero-order valence-electron chi connectivity index (χ0n) is 14.1. The standard InChI is InChI=1S/C17H16N4O3S2/c1-10-5-6-11(16(22)23-2)8-12(10)19-17(25)18-9-14-20-15(21-24-14)13-4-3-7-26-13/h3-8H,9H2,1-2H3,(H2,18,19,25). The molecule has 2 aromatic heterocycles. The van der Waals surface area contributed by atoms with E-state index < -0.39 is 5.97 Å². The Morgan fingerprint density at radius 1 is 1.38 bits per heavy atom. The van der Waals surface area contributed by atoms with Gasteiger partial charge in [-0.2, -0.15) is 4.98 Å². The second kappa shape index (κ2) is 8.07. The van der Waals surface area contributed by atoms with Gasteiger partial charge in [0.15, 0.2) is 5.11 Å². The number of hydrogen-bond acceptors (Lipinski definition) is 7. The minimum atomic E-state index is -0.404. The second-order valence-electron chi connectivity index (χ2n) is 5.32. The molecule has 2 heterocycles. The van der Waals surface area contributed by atoms with Crippen molar-refractivity contribution in [3.8, 4) is 10.7 Å². The van der Waals surface area contributed by atoms with Crippen LogP contribution >= 0.6 is 23.6 Å². The highest BCUT2D eigenvalue weighted by molar-refractivity contribution is 7.80. The molecule has 7 nitrogen and oxygen atoms in total. The molecule has 9 heteroatoms. The number of aromatic nitrogens is 2. The number of thiocarbonyl (C=S) groups is 1.